The van der Waals surface area contributed by atoms with E-state index in [2.05, 4.69) is 32.6 Å². The average Bonchev–Trinajstić information content (AvgIpc) is 2.89. The molecule has 0 amide bonds. The van der Waals surface area contributed by atoms with E-state index in [0.717, 1.165) is 41.0 Å². The third-order valence-corrected chi connectivity index (χ3v) is 5.73. The summed E-state index contributed by atoms with van der Waals surface area (Å²) in [6, 6.07) is 0. The first-order valence-electron chi connectivity index (χ1n) is 8.99. The topological polar surface area (TPSA) is 59.8 Å². The highest BCUT2D eigenvalue weighted by atomic mass is 127. The van der Waals surface area contributed by atoms with Crippen LogP contribution in [0.25, 0.3) is 0 Å². The second kappa shape index (κ2) is 10.3. The molecule has 1 fully saturated rings. The summed E-state index contributed by atoms with van der Waals surface area (Å²) in [6.45, 7) is 4.59. The van der Waals surface area contributed by atoms with Crippen molar-refractivity contribution in [1.82, 2.24) is 14.7 Å². The van der Waals surface area contributed by atoms with Crippen molar-refractivity contribution in [3.05, 3.63) is 15.0 Å². The number of halogens is 3. The Labute approximate surface area is 167 Å². The van der Waals surface area contributed by atoms with E-state index < -0.39 is 31.7 Å². The zero-order valence-corrected chi connectivity index (χ0v) is 17.5. The lowest BCUT2D eigenvalue weighted by molar-refractivity contribution is -0.114. The monoisotopic (exact) mass is 487 g/mol. The van der Waals surface area contributed by atoms with Gasteiger partial charge in [-0.2, -0.15) is 5.10 Å². The maximum absolute atomic E-state index is 13.8. The molecule has 1 saturated heterocycles. The van der Waals surface area contributed by atoms with Crippen LogP contribution in [0, 0.1) is 3.57 Å². The molecule has 6 nitrogen and oxygen atoms in total. The van der Waals surface area contributed by atoms with E-state index in [4.69, 9.17) is 14.6 Å². The van der Waals surface area contributed by atoms with Crippen LogP contribution in [0.5, 0.6) is 0 Å². The van der Waals surface area contributed by atoms with Crippen molar-refractivity contribution in [2.24, 2.45) is 7.05 Å². The molecule has 26 heavy (non-hydrogen) atoms. The van der Waals surface area contributed by atoms with Crippen molar-refractivity contribution in [2.75, 3.05) is 46.1 Å². The van der Waals surface area contributed by atoms with Gasteiger partial charge in [0.05, 0.1) is 22.5 Å². The van der Waals surface area contributed by atoms with Gasteiger partial charge in [-0.05, 0) is 35.4 Å². The molecule has 0 radical (unpaired) electrons. The molecule has 1 atom stereocenters. The molecular formula is C17H28F2IN3O3. The molecule has 1 aliphatic rings. The predicted octanol–water partition coefficient (Wildman–Crippen LogP) is 2.38. The van der Waals surface area contributed by atoms with Crippen molar-refractivity contribution >= 4 is 22.6 Å². The molecule has 2 rings (SSSR count). The van der Waals surface area contributed by atoms with Crippen LogP contribution in [0.2, 0.25) is 0 Å². The van der Waals surface area contributed by atoms with Gasteiger partial charge in [0, 0.05) is 39.7 Å². The van der Waals surface area contributed by atoms with Crippen LogP contribution in [0.3, 0.4) is 0 Å². The van der Waals surface area contributed by atoms with Gasteiger partial charge in [0.1, 0.15) is 18.4 Å². The van der Waals surface area contributed by atoms with Crippen molar-refractivity contribution in [1.29, 1.82) is 0 Å². The van der Waals surface area contributed by atoms with Gasteiger partial charge in [-0.15, -0.1) is 0 Å². The SMILES string of the molecule is CCc1c(I)c(C(CCN2CCOCC2)OCC(F)(F)CCO)nn1C. The van der Waals surface area contributed by atoms with Crippen molar-refractivity contribution in [3.63, 3.8) is 0 Å². The fraction of sp³-hybridized carbons (Fsp3) is 0.824. The first-order chi connectivity index (χ1) is 12.4. The number of aromatic nitrogens is 2. The largest absolute Gasteiger partial charge is 0.396 e. The Morgan fingerprint density at radius 3 is 2.65 bits per heavy atom. The molecule has 0 saturated carbocycles. The Bertz CT molecular complexity index is 566. The quantitative estimate of drug-likeness (QED) is 0.514. The van der Waals surface area contributed by atoms with Crippen LogP contribution in [0.1, 0.15) is 37.3 Å². The van der Waals surface area contributed by atoms with E-state index in [1.165, 1.54) is 0 Å². The molecule has 0 aliphatic carbocycles. The Balaban J connectivity index is 2.09. The molecule has 1 aliphatic heterocycles. The molecule has 0 bridgehead atoms. The summed E-state index contributed by atoms with van der Waals surface area (Å²) in [5, 5.41) is 13.3. The van der Waals surface area contributed by atoms with Gasteiger partial charge >= 0.3 is 0 Å². The summed E-state index contributed by atoms with van der Waals surface area (Å²) in [7, 11) is 1.86. The summed E-state index contributed by atoms with van der Waals surface area (Å²) in [5.74, 6) is -3.04. The number of aliphatic hydroxyl groups excluding tert-OH is 1. The van der Waals surface area contributed by atoms with E-state index in [1.807, 2.05) is 14.0 Å². The van der Waals surface area contributed by atoms with Gasteiger partial charge in [0.25, 0.3) is 5.92 Å². The number of rotatable bonds is 10. The second-order valence-electron chi connectivity index (χ2n) is 6.49. The van der Waals surface area contributed by atoms with Crippen molar-refractivity contribution in [3.8, 4) is 0 Å². The zero-order valence-electron chi connectivity index (χ0n) is 15.4. The van der Waals surface area contributed by atoms with Gasteiger partial charge in [-0.25, -0.2) is 8.78 Å². The molecule has 2 heterocycles. The zero-order chi connectivity index (χ0) is 19.2. The molecule has 1 N–H and O–H groups in total. The Kier molecular flexibility index (Phi) is 8.65. The number of aliphatic hydroxyl groups is 1. The third kappa shape index (κ3) is 6.08. The molecule has 1 aromatic rings. The number of aryl methyl sites for hydroxylation is 1. The molecule has 1 aromatic heterocycles. The van der Waals surface area contributed by atoms with Gasteiger partial charge in [-0.3, -0.25) is 9.58 Å². The second-order valence-corrected chi connectivity index (χ2v) is 7.57. The fourth-order valence-corrected chi connectivity index (χ4v) is 4.21. The number of ether oxygens (including phenoxy) is 2. The fourth-order valence-electron chi connectivity index (χ4n) is 3.03. The number of morpholine rings is 1. The predicted molar refractivity (Wildman–Crippen MR) is 103 cm³/mol. The van der Waals surface area contributed by atoms with Crippen LogP contribution in [-0.2, 0) is 22.9 Å². The maximum Gasteiger partial charge on any atom is 0.273 e. The molecule has 150 valence electrons. The van der Waals surface area contributed by atoms with Crippen molar-refractivity contribution < 1.29 is 23.4 Å². The number of alkyl halides is 2. The number of nitrogens with zero attached hydrogens (tertiary/aromatic N) is 3. The molecule has 0 spiro atoms. The minimum absolute atomic E-state index is 0.499. The van der Waals surface area contributed by atoms with Crippen LogP contribution >= 0.6 is 22.6 Å². The highest BCUT2D eigenvalue weighted by Crippen LogP contribution is 2.30. The van der Waals surface area contributed by atoms with E-state index in [-0.39, 0.29) is 0 Å². The first-order valence-corrected chi connectivity index (χ1v) is 10.1. The van der Waals surface area contributed by atoms with Crippen LogP contribution < -0.4 is 0 Å². The average molecular weight is 487 g/mol. The first kappa shape index (κ1) is 21.9. The van der Waals surface area contributed by atoms with Gasteiger partial charge in [-0.1, -0.05) is 6.92 Å². The Morgan fingerprint density at radius 1 is 1.38 bits per heavy atom. The summed E-state index contributed by atoms with van der Waals surface area (Å²) in [4.78, 5) is 2.25. The Morgan fingerprint density at radius 2 is 2.08 bits per heavy atom. The smallest absolute Gasteiger partial charge is 0.273 e. The van der Waals surface area contributed by atoms with E-state index in [0.29, 0.717) is 19.6 Å². The third-order valence-electron chi connectivity index (χ3n) is 4.55. The van der Waals surface area contributed by atoms with Crippen molar-refractivity contribution in [2.45, 2.75) is 38.2 Å². The number of hydrogen-bond acceptors (Lipinski definition) is 5. The van der Waals surface area contributed by atoms with Crippen LogP contribution in [-0.4, -0.2) is 71.8 Å². The minimum Gasteiger partial charge on any atom is -0.396 e. The highest BCUT2D eigenvalue weighted by molar-refractivity contribution is 14.1. The lowest BCUT2D eigenvalue weighted by Gasteiger charge is -2.28. The van der Waals surface area contributed by atoms with Gasteiger partial charge < -0.3 is 14.6 Å². The molecule has 9 heteroatoms. The normalized spacial score (nSPS) is 17.6. The van der Waals surface area contributed by atoms with Crippen LogP contribution in [0.4, 0.5) is 8.78 Å². The summed E-state index contributed by atoms with van der Waals surface area (Å²) in [5.41, 5.74) is 1.79. The summed E-state index contributed by atoms with van der Waals surface area (Å²) in [6.07, 6.45) is 0.313. The summed E-state index contributed by atoms with van der Waals surface area (Å²) >= 11 is 2.22. The van der Waals surface area contributed by atoms with E-state index in [1.54, 1.807) is 4.68 Å². The minimum atomic E-state index is -3.04. The maximum atomic E-state index is 13.8. The number of hydrogen-bond donors (Lipinski definition) is 1. The van der Waals surface area contributed by atoms with Gasteiger partial charge in [0.2, 0.25) is 0 Å². The molecule has 1 unspecified atom stereocenters. The Hall–Kier alpha value is -0.360. The molecular weight excluding hydrogens is 459 g/mol. The standard InChI is InChI=1S/C17H28F2IN3O3/c1-3-13-15(20)16(21-22(13)2)14(26-12-17(18,19)5-9-24)4-6-23-7-10-25-11-8-23/h14,24H,3-12H2,1-2H3. The van der Waals surface area contributed by atoms with Crippen LogP contribution in [0.15, 0.2) is 0 Å². The lowest BCUT2D eigenvalue weighted by atomic mass is 10.1. The lowest BCUT2D eigenvalue weighted by Crippen LogP contribution is -2.37. The summed E-state index contributed by atoms with van der Waals surface area (Å²) < 4.78 is 41.4. The highest BCUT2D eigenvalue weighted by Gasteiger charge is 2.32. The van der Waals surface area contributed by atoms with E-state index in [9.17, 15) is 8.78 Å². The molecule has 0 aromatic carbocycles. The van der Waals surface area contributed by atoms with Gasteiger partial charge in [0.15, 0.2) is 0 Å². The van der Waals surface area contributed by atoms with E-state index >= 15 is 0 Å².